The zero-order valence-corrected chi connectivity index (χ0v) is 21.4. The summed E-state index contributed by atoms with van der Waals surface area (Å²) in [5, 5.41) is 2.42. The molecule has 0 bridgehead atoms. The highest BCUT2D eigenvalue weighted by molar-refractivity contribution is 5.86. The molecule has 0 amide bonds. The highest BCUT2D eigenvalue weighted by atomic mass is 16.5. The van der Waals surface area contributed by atoms with Crippen molar-refractivity contribution < 1.29 is 4.74 Å². The van der Waals surface area contributed by atoms with Gasteiger partial charge in [0.05, 0.1) is 0 Å². The first-order valence-corrected chi connectivity index (χ1v) is 12.7. The van der Waals surface area contributed by atoms with E-state index in [2.05, 4.69) is 102 Å². The number of rotatable bonds is 10. The van der Waals surface area contributed by atoms with Crippen molar-refractivity contribution in [2.75, 3.05) is 18.0 Å². The Morgan fingerprint density at radius 1 is 1.03 bits per heavy atom. The van der Waals surface area contributed by atoms with E-state index in [1.165, 1.54) is 32.8 Å². The average molecular weight is 444 g/mol. The number of allylic oxidation sites excluding steroid dienone is 3. The molecule has 2 unspecified atom stereocenters. The molecule has 0 aliphatic carbocycles. The van der Waals surface area contributed by atoms with Gasteiger partial charge in [-0.05, 0) is 80.0 Å². The average Bonchev–Trinajstić information content (AvgIpc) is 2.83. The standard InChI is InChI=1S/C31H41NO/c1-8-13-15-24-16-18-27-29(20-24)33-30-21-25(32(11-4)12-5)17-19-28(30)31(27)26(10-3)23(7)22(6)14-9-2/h9-10,15-23H,2,8,11-14H2,1,3-7H3/b24-15-,26-10+. The third kappa shape index (κ3) is 5.27. The number of anilines is 1. The number of nitrogens with zero attached hydrogens (tertiary/aromatic N) is 1. The van der Waals surface area contributed by atoms with Crippen molar-refractivity contribution in [2.24, 2.45) is 11.8 Å². The van der Waals surface area contributed by atoms with Crippen LogP contribution in [0.15, 0.2) is 60.7 Å². The van der Waals surface area contributed by atoms with Gasteiger partial charge in [0.2, 0.25) is 0 Å². The third-order valence-corrected chi connectivity index (χ3v) is 7.01. The van der Waals surface area contributed by atoms with Crippen molar-refractivity contribution in [1.29, 1.82) is 0 Å². The van der Waals surface area contributed by atoms with Gasteiger partial charge in [-0.25, -0.2) is 0 Å². The van der Waals surface area contributed by atoms with Gasteiger partial charge in [-0.2, -0.15) is 0 Å². The fourth-order valence-corrected chi connectivity index (χ4v) is 4.84. The number of unbranched alkanes of at least 4 members (excludes halogenated alkanes) is 1. The molecule has 176 valence electrons. The predicted molar refractivity (Wildman–Crippen MR) is 145 cm³/mol. The van der Waals surface area contributed by atoms with Crippen LogP contribution in [-0.2, 0) is 0 Å². The molecule has 1 aliphatic heterocycles. The van der Waals surface area contributed by atoms with Crippen molar-refractivity contribution in [3.8, 4) is 11.5 Å². The van der Waals surface area contributed by atoms with Crippen molar-refractivity contribution in [3.05, 3.63) is 76.7 Å². The molecule has 2 atom stereocenters. The van der Waals surface area contributed by atoms with Gasteiger partial charge >= 0.3 is 0 Å². The van der Waals surface area contributed by atoms with E-state index in [0.717, 1.165) is 43.9 Å². The molecule has 2 aromatic rings. The van der Waals surface area contributed by atoms with Crippen LogP contribution < -0.4 is 20.1 Å². The van der Waals surface area contributed by atoms with Crippen LogP contribution in [0.1, 0.15) is 66.4 Å². The second-order valence-electron chi connectivity index (χ2n) is 9.11. The van der Waals surface area contributed by atoms with E-state index < -0.39 is 0 Å². The van der Waals surface area contributed by atoms with E-state index in [1.807, 2.05) is 6.08 Å². The molecule has 1 heterocycles. The topological polar surface area (TPSA) is 12.5 Å². The van der Waals surface area contributed by atoms with Crippen molar-refractivity contribution in [3.63, 3.8) is 0 Å². The maximum atomic E-state index is 6.58. The maximum absolute atomic E-state index is 6.58. The Bertz CT molecular complexity index is 1120. The summed E-state index contributed by atoms with van der Waals surface area (Å²) in [6.07, 6.45) is 9.87. The smallest absolute Gasteiger partial charge is 0.137 e. The molecule has 0 saturated heterocycles. The molecule has 3 rings (SSSR count). The summed E-state index contributed by atoms with van der Waals surface area (Å²) < 4.78 is 6.58. The number of hydrogen-bond donors (Lipinski definition) is 0. The quantitative estimate of drug-likeness (QED) is 0.360. The van der Waals surface area contributed by atoms with Gasteiger partial charge in [-0.15, -0.1) is 6.58 Å². The monoisotopic (exact) mass is 443 g/mol. The first kappa shape index (κ1) is 24.9. The summed E-state index contributed by atoms with van der Waals surface area (Å²) in [5.74, 6) is 2.85. The lowest BCUT2D eigenvalue weighted by Crippen LogP contribution is -2.24. The van der Waals surface area contributed by atoms with E-state index in [-0.39, 0.29) is 0 Å². The molecule has 33 heavy (non-hydrogen) atoms. The predicted octanol–water partition coefficient (Wildman–Crippen LogP) is 7.21. The van der Waals surface area contributed by atoms with Crippen LogP contribution >= 0.6 is 0 Å². The third-order valence-electron chi connectivity index (χ3n) is 7.01. The number of ether oxygens (including phenoxy) is 1. The fraction of sp³-hybridized carbons (Fsp3) is 0.419. The van der Waals surface area contributed by atoms with Crippen molar-refractivity contribution in [1.82, 2.24) is 0 Å². The first-order valence-electron chi connectivity index (χ1n) is 12.7. The van der Waals surface area contributed by atoms with E-state index in [0.29, 0.717) is 11.8 Å². The normalized spacial score (nSPS) is 15.4. The van der Waals surface area contributed by atoms with E-state index in [1.54, 1.807) is 0 Å². The summed E-state index contributed by atoms with van der Waals surface area (Å²) in [7, 11) is 0. The molecule has 0 spiro atoms. The van der Waals surface area contributed by atoms with Crippen molar-refractivity contribution >= 4 is 17.3 Å². The van der Waals surface area contributed by atoms with Crippen LogP contribution in [0.2, 0.25) is 0 Å². The van der Waals surface area contributed by atoms with Crippen LogP contribution in [0.5, 0.6) is 11.5 Å². The maximum Gasteiger partial charge on any atom is 0.137 e. The Hall–Kier alpha value is -2.74. The Kier molecular flexibility index (Phi) is 8.61. The van der Waals surface area contributed by atoms with Crippen LogP contribution in [0.4, 0.5) is 5.69 Å². The van der Waals surface area contributed by atoms with Gasteiger partial charge in [-0.3, -0.25) is 0 Å². The fourth-order valence-electron chi connectivity index (χ4n) is 4.84. The van der Waals surface area contributed by atoms with Crippen molar-refractivity contribution in [2.45, 2.75) is 60.8 Å². The summed E-state index contributed by atoms with van der Waals surface area (Å²) in [4.78, 5) is 2.37. The second kappa shape index (κ2) is 11.4. The Labute approximate surface area is 201 Å². The molecule has 0 N–H and O–H groups in total. The SMILES string of the molecule is C=CCC(C)C(C)/C(=C\C)C1=c2cc/c(=C/CCC)cc2Oc2cc(N(CC)CC)ccc21. The highest BCUT2D eigenvalue weighted by Gasteiger charge is 2.26. The molecule has 1 aliphatic rings. The lowest BCUT2D eigenvalue weighted by Gasteiger charge is -2.29. The number of hydrogen-bond acceptors (Lipinski definition) is 2. The number of fused-ring (bicyclic) bond motifs is 2. The van der Waals surface area contributed by atoms with Gasteiger partial charge in [0, 0.05) is 35.6 Å². The van der Waals surface area contributed by atoms with E-state index in [9.17, 15) is 0 Å². The van der Waals surface area contributed by atoms with Gasteiger partial charge in [0.25, 0.3) is 0 Å². The minimum atomic E-state index is 0.413. The summed E-state index contributed by atoms with van der Waals surface area (Å²) in [6.45, 7) is 19.4. The van der Waals surface area contributed by atoms with Gasteiger partial charge < -0.3 is 9.64 Å². The van der Waals surface area contributed by atoms with Crippen LogP contribution in [0.25, 0.3) is 11.6 Å². The molecule has 0 fully saturated rings. The van der Waals surface area contributed by atoms with Crippen LogP contribution in [0, 0.1) is 11.8 Å². The van der Waals surface area contributed by atoms with Gasteiger partial charge in [0.15, 0.2) is 0 Å². The second-order valence-corrected chi connectivity index (χ2v) is 9.11. The zero-order chi connectivity index (χ0) is 24.0. The van der Waals surface area contributed by atoms with Crippen LogP contribution in [-0.4, -0.2) is 13.1 Å². The molecule has 0 radical (unpaired) electrons. The molecule has 2 heteroatoms. The lowest BCUT2D eigenvalue weighted by molar-refractivity contribution is 0.448. The Morgan fingerprint density at radius 2 is 1.79 bits per heavy atom. The molecular weight excluding hydrogens is 402 g/mol. The lowest BCUT2D eigenvalue weighted by atomic mass is 9.79. The van der Waals surface area contributed by atoms with E-state index in [4.69, 9.17) is 4.74 Å². The largest absolute Gasteiger partial charge is 0.456 e. The highest BCUT2D eigenvalue weighted by Crippen LogP contribution is 2.41. The summed E-state index contributed by atoms with van der Waals surface area (Å²) in [6, 6.07) is 13.4. The summed E-state index contributed by atoms with van der Waals surface area (Å²) in [5.41, 5.74) is 5.10. The van der Waals surface area contributed by atoms with Gasteiger partial charge in [0.1, 0.15) is 11.5 Å². The summed E-state index contributed by atoms with van der Waals surface area (Å²) >= 11 is 0. The first-order chi connectivity index (χ1) is 16.0. The minimum Gasteiger partial charge on any atom is -0.456 e. The van der Waals surface area contributed by atoms with E-state index >= 15 is 0 Å². The van der Waals surface area contributed by atoms with Gasteiger partial charge in [-0.1, -0.05) is 57.6 Å². The Morgan fingerprint density at radius 3 is 2.42 bits per heavy atom. The van der Waals surface area contributed by atoms with Crippen LogP contribution in [0.3, 0.4) is 0 Å². The minimum absolute atomic E-state index is 0.413. The molecule has 2 aromatic carbocycles. The molecule has 0 aromatic heterocycles. The zero-order valence-electron chi connectivity index (χ0n) is 21.4. The molecular formula is C31H41NO. The molecule has 0 saturated carbocycles. The molecule has 2 nitrogen and oxygen atoms in total. The Balaban J connectivity index is 2.26. The number of benzene rings is 2.